The fraction of sp³-hybridized carbons (Fsp3) is 0.917. The van der Waals surface area contributed by atoms with E-state index in [9.17, 15) is 4.79 Å². The van der Waals surface area contributed by atoms with E-state index in [2.05, 4.69) is 56.0 Å². The number of aliphatic imine (C=N–C) groups is 1. The third-order valence-electron chi connectivity index (χ3n) is 7.20. The fourth-order valence-corrected chi connectivity index (χ4v) is 5.21. The highest BCUT2D eigenvalue weighted by Crippen LogP contribution is 2.23. The Labute approximate surface area is 189 Å². The molecule has 6 heteroatoms. The molecule has 2 heterocycles. The van der Waals surface area contributed by atoms with Gasteiger partial charge in [0.1, 0.15) is 5.78 Å². The Morgan fingerprint density at radius 2 is 1.83 bits per heavy atom. The molecule has 0 amide bonds. The average molecular weight is 439 g/mol. The van der Waals surface area contributed by atoms with E-state index < -0.39 is 0 Å². The molecule has 2 aliphatic rings. The Morgan fingerprint density at radius 1 is 1.13 bits per heavy atom. The zero-order valence-corrected chi connectivity index (χ0v) is 21.1. The minimum Gasteiger partial charge on any atom is -0.361 e. The van der Waals surface area contributed by atoms with E-state index in [1.54, 1.807) is 11.8 Å². The first-order valence-corrected chi connectivity index (χ1v) is 13.5. The molecule has 0 bridgehead atoms. The summed E-state index contributed by atoms with van der Waals surface area (Å²) in [5, 5.41) is 4.84. The van der Waals surface area contributed by atoms with Gasteiger partial charge in [-0.15, -0.1) is 0 Å². The minimum absolute atomic E-state index is 0.218. The molecule has 2 rings (SSSR count). The van der Waals surface area contributed by atoms with Crippen molar-refractivity contribution >= 4 is 22.7 Å². The van der Waals surface area contributed by atoms with Crippen LogP contribution in [0.3, 0.4) is 0 Å². The van der Waals surface area contributed by atoms with Crippen LogP contribution in [-0.2, 0) is 4.79 Å². The van der Waals surface area contributed by atoms with Crippen LogP contribution in [0.15, 0.2) is 4.99 Å². The molecule has 2 aliphatic heterocycles. The largest absolute Gasteiger partial charge is 0.361 e. The van der Waals surface area contributed by atoms with E-state index >= 15 is 0 Å². The lowest BCUT2D eigenvalue weighted by molar-refractivity contribution is -0.127. The van der Waals surface area contributed by atoms with Gasteiger partial charge in [0.25, 0.3) is 0 Å². The number of nitrogens with zero attached hydrogens (tertiary/aromatic N) is 3. The molecule has 30 heavy (non-hydrogen) atoms. The number of carbonyl (C=O) groups excluding carboxylic acids is 1. The van der Waals surface area contributed by atoms with Crippen molar-refractivity contribution in [2.24, 2.45) is 22.7 Å². The van der Waals surface area contributed by atoms with E-state index in [0.717, 1.165) is 57.2 Å². The molecule has 2 saturated heterocycles. The van der Waals surface area contributed by atoms with Crippen molar-refractivity contribution in [2.75, 3.05) is 45.5 Å². The van der Waals surface area contributed by atoms with Gasteiger partial charge in [0.2, 0.25) is 0 Å². The molecule has 0 saturated carbocycles. The van der Waals surface area contributed by atoms with E-state index in [0.29, 0.717) is 23.8 Å². The number of nitrogens with one attached hydrogen (secondary N) is 1. The van der Waals surface area contributed by atoms with Crippen molar-refractivity contribution < 1.29 is 4.79 Å². The summed E-state index contributed by atoms with van der Waals surface area (Å²) >= 11 is 1.74. The number of thioether (sulfide) groups is 1. The van der Waals surface area contributed by atoms with Crippen LogP contribution in [0.2, 0.25) is 0 Å². The molecule has 174 valence electrons. The number of ketones is 1. The number of hydrogen-bond donors (Lipinski definition) is 1. The standard InChI is InChI=1S/C24H46N4OS/c1-7-19(5)23(29)20-11-14-27(15-12-20)17-22(18(3)4)26-24(30-6)25-16-21-10-9-13-28(21)8-2/h18-22H,7-17H2,1-6H3,(H,25,26)/t19?,21-,22?/m0/s1. The van der Waals surface area contributed by atoms with Gasteiger partial charge in [0.05, 0.1) is 6.54 Å². The number of Topliss-reactive ketones (excluding diaryl/α,β-unsaturated/α-hetero) is 1. The van der Waals surface area contributed by atoms with Crippen LogP contribution in [-0.4, -0.2) is 78.4 Å². The predicted octanol–water partition coefficient (Wildman–Crippen LogP) is 4.13. The highest BCUT2D eigenvalue weighted by Gasteiger charge is 2.29. The Hall–Kier alpha value is -0.590. The molecule has 1 N–H and O–H groups in total. The third-order valence-corrected chi connectivity index (χ3v) is 7.83. The zero-order valence-electron chi connectivity index (χ0n) is 20.3. The van der Waals surface area contributed by atoms with Gasteiger partial charge in [0.15, 0.2) is 5.17 Å². The van der Waals surface area contributed by atoms with Gasteiger partial charge in [-0.3, -0.25) is 14.7 Å². The number of likely N-dealkylation sites (tertiary alicyclic amines) is 2. The summed E-state index contributed by atoms with van der Waals surface area (Å²) in [6, 6.07) is 1.00. The van der Waals surface area contributed by atoms with Gasteiger partial charge >= 0.3 is 0 Å². The Morgan fingerprint density at radius 3 is 2.40 bits per heavy atom. The molecule has 2 unspecified atom stereocenters. The summed E-state index contributed by atoms with van der Waals surface area (Å²) in [6.45, 7) is 17.4. The molecule has 0 radical (unpaired) electrons. The first kappa shape index (κ1) is 25.7. The highest BCUT2D eigenvalue weighted by molar-refractivity contribution is 8.13. The Balaban J connectivity index is 1.86. The molecule has 0 aliphatic carbocycles. The van der Waals surface area contributed by atoms with Crippen LogP contribution in [0.5, 0.6) is 0 Å². The van der Waals surface area contributed by atoms with Gasteiger partial charge in [0, 0.05) is 30.5 Å². The zero-order chi connectivity index (χ0) is 22.1. The van der Waals surface area contributed by atoms with Crippen LogP contribution >= 0.6 is 11.8 Å². The molecule has 0 spiro atoms. The van der Waals surface area contributed by atoms with E-state index in [1.165, 1.54) is 19.4 Å². The summed E-state index contributed by atoms with van der Waals surface area (Å²) in [6.07, 6.45) is 7.71. The monoisotopic (exact) mass is 438 g/mol. The molecule has 0 aromatic rings. The molecule has 5 nitrogen and oxygen atoms in total. The topological polar surface area (TPSA) is 47.9 Å². The number of carbonyl (C=O) groups is 1. The van der Waals surface area contributed by atoms with Gasteiger partial charge < -0.3 is 10.2 Å². The fourth-order valence-electron chi connectivity index (χ4n) is 4.74. The summed E-state index contributed by atoms with van der Waals surface area (Å²) in [5.74, 6) is 1.52. The van der Waals surface area contributed by atoms with Gasteiger partial charge in [-0.05, 0) is 70.5 Å². The van der Waals surface area contributed by atoms with Crippen molar-refractivity contribution in [2.45, 2.75) is 78.8 Å². The quantitative estimate of drug-likeness (QED) is 0.410. The van der Waals surface area contributed by atoms with E-state index in [1.807, 2.05) is 0 Å². The van der Waals surface area contributed by atoms with Crippen molar-refractivity contribution in [3.63, 3.8) is 0 Å². The minimum atomic E-state index is 0.218. The van der Waals surface area contributed by atoms with Crippen LogP contribution in [0, 0.1) is 17.8 Å². The maximum atomic E-state index is 12.5. The second-order valence-electron chi connectivity index (χ2n) is 9.56. The van der Waals surface area contributed by atoms with Gasteiger partial charge in [-0.2, -0.15) is 0 Å². The van der Waals surface area contributed by atoms with Crippen molar-refractivity contribution in [1.82, 2.24) is 15.1 Å². The molecular weight excluding hydrogens is 392 g/mol. The second kappa shape index (κ2) is 13.1. The number of rotatable bonds is 10. The number of hydrogen-bond acceptors (Lipinski definition) is 5. The smallest absolute Gasteiger partial charge is 0.156 e. The van der Waals surface area contributed by atoms with Crippen LogP contribution in [0.25, 0.3) is 0 Å². The summed E-state index contributed by atoms with van der Waals surface area (Å²) in [7, 11) is 0. The number of likely N-dealkylation sites (N-methyl/N-ethyl adjacent to an activating group) is 1. The van der Waals surface area contributed by atoms with Crippen LogP contribution < -0.4 is 5.32 Å². The lowest BCUT2D eigenvalue weighted by Crippen LogP contribution is -2.49. The maximum Gasteiger partial charge on any atom is 0.156 e. The predicted molar refractivity (Wildman–Crippen MR) is 131 cm³/mol. The van der Waals surface area contributed by atoms with E-state index in [-0.39, 0.29) is 11.8 Å². The first-order valence-electron chi connectivity index (χ1n) is 12.2. The van der Waals surface area contributed by atoms with Crippen LogP contribution in [0.1, 0.15) is 66.7 Å². The molecule has 0 aromatic heterocycles. The van der Waals surface area contributed by atoms with Crippen molar-refractivity contribution in [1.29, 1.82) is 0 Å². The number of piperidine rings is 1. The van der Waals surface area contributed by atoms with Gasteiger partial charge in [-0.25, -0.2) is 0 Å². The lowest BCUT2D eigenvalue weighted by atomic mass is 9.85. The summed E-state index contributed by atoms with van der Waals surface area (Å²) < 4.78 is 0. The van der Waals surface area contributed by atoms with Crippen molar-refractivity contribution in [3.05, 3.63) is 0 Å². The summed E-state index contributed by atoms with van der Waals surface area (Å²) in [5.41, 5.74) is 0. The second-order valence-corrected chi connectivity index (χ2v) is 10.4. The van der Waals surface area contributed by atoms with Crippen molar-refractivity contribution in [3.8, 4) is 0 Å². The molecule has 0 aromatic carbocycles. The maximum absolute atomic E-state index is 12.5. The average Bonchev–Trinajstić information content (AvgIpc) is 3.22. The lowest BCUT2D eigenvalue weighted by Gasteiger charge is -2.36. The first-order chi connectivity index (χ1) is 14.4. The third kappa shape index (κ3) is 7.52. The molecule has 2 fully saturated rings. The SMILES string of the molecule is CCC(C)C(=O)C1CCN(CC(NC(=NC[C@@H]2CCCN2CC)SC)C(C)C)CC1. The normalized spacial score (nSPS) is 24.4. The molecular formula is C24H46N4OS. The molecule has 3 atom stereocenters. The Kier molecular flexibility index (Phi) is 11.2. The Bertz CT molecular complexity index is 545. The highest BCUT2D eigenvalue weighted by atomic mass is 32.2. The van der Waals surface area contributed by atoms with Gasteiger partial charge in [-0.1, -0.05) is 46.4 Å². The summed E-state index contributed by atoms with van der Waals surface area (Å²) in [4.78, 5) is 22.6. The van der Waals surface area contributed by atoms with Crippen LogP contribution in [0.4, 0.5) is 0 Å². The number of amidine groups is 1. The van der Waals surface area contributed by atoms with E-state index in [4.69, 9.17) is 4.99 Å².